The van der Waals surface area contributed by atoms with Gasteiger partial charge in [0.15, 0.2) is 0 Å². The van der Waals surface area contributed by atoms with Crippen LogP contribution in [0.4, 0.5) is 4.39 Å². The molecule has 1 aromatic rings. The van der Waals surface area contributed by atoms with Crippen LogP contribution in [0, 0.1) is 5.82 Å². The Morgan fingerprint density at radius 2 is 2.05 bits per heavy atom. The summed E-state index contributed by atoms with van der Waals surface area (Å²) in [5, 5.41) is 3.15. The van der Waals surface area contributed by atoms with E-state index in [4.69, 9.17) is 4.74 Å². The molecule has 1 aliphatic rings. The Morgan fingerprint density at radius 3 is 2.64 bits per heavy atom. The number of nitrogens with one attached hydrogen (secondary N) is 1. The van der Waals surface area contributed by atoms with E-state index in [1.807, 2.05) is 0 Å². The van der Waals surface area contributed by atoms with Crippen molar-refractivity contribution in [1.29, 1.82) is 0 Å². The number of nitrogens with zero attached hydrogens (tertiary/aromatic N) is 2. The summed E-state index contributed by atoms with van der Waals surface area (Å²) in [6, 6.07) is 4.03. The fourth-order valence-corrected chi connectivity index (χ4v) is 2.29. The average Bonchev–Trinajstić information content (AvgIpc) is 2.54. The summed E-state index contributed by atoms with van der Waals surface area (Å²) in [6.07, 6.45) is 0. The van der Waals surface area contributed by atoms with Crippen molar-refractivity contribution in [2.24, 2.45) is 0 Å². The smallest absolute Gasteiger partial charge is 0.257 e. The van der Waals surface area contributed by atoms with Gasteiger partial charge < -0.3 is 19.9 Å². The lowest BCUT2D eigenvalue weighted by molar-refractivity contribution is -0.132. The van der Waals surface area contributed by atoms with Crippen molar-refractivity contribution >= 4 is 11.8 Å². The number of hydrogen-bond donors (Lipinski definition) is 1. The Balaban J connectivity index is 2.01. The van der Waals surface area contributed by atoms with Gasteiger partial charge in [-0.25, -0.2) is 4.39 Å². The Kier molecular flexibility index (Phi) is 5.32. The molecule has 0 spiro atoms. The Bertz CT molecular complexity index is 559. The molecule has 1 saturated heterocycles. The van der Waals surface area contributed by atoms with Crippen LogP contribution in [0.2, 0.25) is 0 Å². The maximum atomic E-state index is 13.9. The summed E-state index contributed by atoms with van der Waals surface area (Å²) in [5.41, 5.74) is -0.0728. The van der Waals surface area contributed by atoms with Crippen LogP contribution in [0.25, 0.3) is 0 Å². The third-order valence-electron chi connectivity index (χ3n) is 3.60. The molecule has 0 unspecified atom stereocenters. The third-order valence-corrected chi connectivity index (χ3v) is 3.60. The molecule has 1 heterocycles. The molecule has 0 atom stereocenters. The number of carbonyl (C=O) groups excluding carboxylic acids is 2. The van der Waals surface area contributed by atoms with Gasteiger partial charge in [0.05, 0.1) is 19.2 Å². The number of benzene rings is 1. The summed E-state index contributed by atoms with van der Waals surface area (Å²) in [4.78, 5) is 27.3. The second-order valence-corrected chi connectivity index (χ2v) is 5.14. The molecule has 1 aliphatic heterocycles. The zero-order valence-corrected chi connectivity index (χ0v) is 12.8. The van der Waals surface area contributed by atoms with Gasteiger partial charge in [0.1, 0.15) is 11.6 Å². The Hall–Kier alpha value is -2.15. The van der Waals surface area contributed by atoms with Crippen LogP contribution < -0.4 is 10.1 Å². The maximum Gasteiger partial charge on any atom is 0.257 e. The summed E-state index contributed by atoms with van der Waals surface area (Å²) in [7, 11) is 2.92. The van der Waals surface area contributed by atoms with Gasteiger partial charge in [-0.2, -0.15) is 0 Å². The van der Waals surface area contributed by atoms with Crippen LogP contribution in [0.3, 0.4) is 0 Å². The summed E-state index contributed by atoms with van der Waals surface area (Å²) < 4.78 is 18.8. The predicted molar refractivity (Wildman–Crippen MR) is 79.4 cm³/mol. The van der Waals surface area contributed by atoms with Crippen molar-refractivity contribution in [3.63, 3.8) is 0 Å². The molecule has 0 aromatic heterocycles. The van der Waals surface area contributed by atoms with E-state index in [-0.39, 0.29) is 18.0 Å². The second-order valence-electron chi connectivity index (χ2n) is 5.14. The number of carbonyl (C=O) groups is 2. The number of likely N-dealkylation sites (N-methyl/N-ethyl adjacent to an activating group) is 1. The number of ether oxygens (including phenoxy) is 1. The van der Waals surface area contributed by atoms with Crippen molar-refractivity contribution in [2.45, 2.75) is 0 Å². The molecule has 7 heteroatoms. The first kappa shape index (κ1) is 16.2. The number of halogens is 1. The van der Waals surface area contributed by atoms with Gasteiger partial charge in [0.2, 0.25) is 5.91 Å². The minimum absolute atomic E-state index is 0.0652. The van der Waals surface area contributed by atoms with Gasteiger partial charge in [-0.15, -0.1) is 0 Å². The van der Waals surface area contributed by atoms with Crippen LogP contribution in [-0.2, 0) is 4.79 Å². The minimum atomic E-state index is -0.661. The number of amides is 2. The van der Waals surface area contributed by atoms with Gasteiger partial charge >= 0.3 is 0 Å². The number of rotatable bonds is 4. The van der Waals surface area contributed by atoms with Crippen LogP contribution in [-0.4, -0.2) is 68.5 Å². The fourth-order valence-electron chi connectivity index (χ4n) is 2.29. The minimum Gasteiger partial charge on any atom is -0.497 e. The van der Waals surface area contributed by atoms with E-state index in [0.29, 0.717) is 18.8 Å². The van der Waals surface area contributed by atoms with E-state index >= 15 is 0 Å². The van der Waals surface area contributed by atoms with E-state index in [0.717, 1.165) is 19.2 Å². The van der Waals surface area contributed by atoms with Gasteiger partial charge in [0.25, 0.3) is 5.91 Å². The van der Waals surface area contributed by atoms with Crippen molar-refractivity contribution in [1.82, 2.24) is 15.1 Å². The van der Waals surface area contributed by atoms with Gasteiger partial charge in [-0.05, 0) is 12.1 Å². The van der Waals surface area contributed by atoms with Gasteiger partial charge in [-0.1, -0.05) is 0 Å². The summed E-state index contributed by atoms with van der Waals surface area (Å²) >= 11 is 0. The number of piperazine rings is 1. The molecule has 6 nitrogen and oxygen atoms in total. The van der Waals surface area contributed by atoms with Crippen LogP contribution in [0.15, 0.2) is 18.2 Å². The Morgan fingerprint density at radius 1 is 1.36 bits per heavy atom. The lowest BCUT2D eigenvalue weighted by Gasteiger charge is -2.29. The predicted octanol–water partition coefficient (Wildman–Crippen LogP) is 0.338. The Labute approximate surface area is 128 Å². The lowest BCUT2D eigenvalue weighted by Crippen LogP contribution is -2.49. The standard InChI is InChI=1S/C15H20FN3O3/c1-18(10-14(20)19-7-5-17-6-8-19)15(21)12-4-3-11(22-2)9-13(12)16/h3-4,9,17H,5-8,10H2,1-2H3. The lowest BCUT2D eigenvalue weighted by atomic mass is 10.1. The summed E-state index contributed by atoms with van der Waals surface area (Å²) in [5.74, 6) is -0.977. The highest BCUT2D eigenvalue weighted by molar-refractivity contribution is 5.96. The zero-order valence-electron chi connectivity index (χ0n) is 12.8. The molecular formula is C15H20FN3O3. The highest BCUT2D eigenvalue weighted by Crippen LogP contribution is 2.17. The second kappa shape index (κ2) is 7.22. The van der Waals surface area contributed by atoms with E-state index in [1.165, 1.54) is 31.2 Å². The van der Waals surface area contributed by atoms with E-state index in [1.54, 1.807) is 4.90 Å². The number of methoxy groups -OCH3 is 1. The van der Waals surface area contributed by atoms with Crippen molar-refractivity contribution in [3.8, 4) is 5.75 Å². The largest absolute Gasteiger partial charge is 0.497 e. The molecule has 0 bridgehead atoms. The molecule has 22 heavy (non-hydrogen) atoms. The maximum absolute atomic E-state index is 13.9. The third kappa shape index (κ3) is 3.73. The fraction of sp³-hybridized carbons (Fsp3) is 0.467. The topological polar surface area (TPSA) is 61.9 Å². The molecule has 0 aliphatic carbocycles. The van der Waals surface area contributed by atoms with E-state index < -0.39 is 11.7 Å². The number of hydrogen-bond acceptors (Lipinski definition) is 4. The highest BCUT2D eigenvalue weighted by Gasteiger charge is 2.22. The van der Waals surface area contributed by atoms with E-state index in [9.17, 15) is 14.0 Å². The zero-order chi connectivity index (χ0) is 16.1. The molecular weight excluding hydrogens is 289 g/mol. The molecule has 0 radical (unpaired) electrons. The highest BCUT2D eigenvalue weighted by atomic mass is 19.1. The molecule has 2 amide bonds. The SMILES string of the molecule is COc1ccc(C(=O)N(C)CC(=O)N2CCNCC2)c(F)c1. The van der Waals surface area contributed by atoms with Gasteiger partial charge in [0, 0.05) is 39.3 Å². The molecule has 1 N–H and O–H groups in total. The molecule has 2 rings (SSSR count). The average molecular weight is 309 g/mol. The normalized spacial score (nSPS) is 14.6. The van der Waals surface area contributed by atoms with Gasteiger partial charge in [-0.3, -0.25) is 9.59 Å². The molecule has 1 aromatic carbocycles. The van der Waals surface area contributed by atoms with Crippen LogP contribution in [0.5, 0.6) is 5.75 Å². The molecule has 120 valence electrons. The van der Waals surface area contributed by atoms with Crippen molar-refractivity contribution in [2.75, 3.05) is 46.9 Å². The van der Waals surface area contributed by atoms with E-state index in [2.05, 4.69) is 5.32 Å². The molecule has 0 saturated carbocycles. The monoisotopic (exact) mass is 309 g/mol. The molecule has 1 fully saturated rings. The van der Waals surface area contributed by atoms with Crippen LogP contribution >= 0.6 is 0 Å². The van der Waals surface area contributed by atoms with Crippen molar-refractivity contribution < 1.29 is 18.7 Å². The first-order valence-electron chi connectivity index (χ1n) is 7.10. The first-order valence-corrected chi connectivity index (χ1v) is 7.10. The van der Waals surface area contributed by atoms with Crippen molar-refractivity contribution in [3.05, 3.63) is 29.6 Å². The first-order chi connectivity index (χ1) is 10.5. The quantitative estimate of drug-likeness (QED) is 0.871. The summed E-state index contributed by atoms with van der Waals surface area (Å²) in [6.45, 7) is 2.67. The van der Waals surface area contributed by atoms with Crippen LogP contribution in [0.1, 0.15) is 10.4 Å².